The Bertz CT molecular complexity index is 1110. The van der Waals surface area contributed by atoms with E-state index in [0.29, 0.717) is 12.0 Å². The first kappa shape index (κ1) is 22.4. The molecule has 2 fully saturated rings. The Labute approximate surface area is 197 Å². The first-order chi connectivity index (χ1) is 15.9. The van der Waals surface area contributed by atoms with E-state index >= 15 is 0 Å². The Morgan fingerprint density at radius 2 is 2.00 bits per heavy atom. The SMILES string of the molecule is CCn1cc(CN2CC(c3nncn3C)C3(CCN(C(C)C)CC3)C2)c2cc(OC)ccc21. The van der Waals surface area contributed by atoms with Gasteiger partial charge < -0.3 is 18.8 Å². The lowest BCUT2D eigenvalue weighted by Crippen LogP contribution is -2.46. The number of methoxy groups -OCH3 is 1. The quantitative estimate of drug-likeness (QED) is 0.570. The van der Waals surface area contributed by atoms with E-state index in [9.17, 15) is 0 Å². The monoisotopic (exact) mass is 450 g/mol. The van der Waals surface area contributed by atoms with Crippen LogP contribution in [0, 0.1) is 5.41 Å². The second-order valence-corrected chi connectivity index (χ2v) is 10.3. The number of aromatic nitrogens is 4. The molecule has 5 rings (SSSR count). The molecule has 0 aliphatic carbocycles. The molecule has 2 aliphatic rings. The summed E-state index contributed by atoms with van der Waals surface area (Å²) in [6.07, 6.45) is 6.65. The minimum absolute atomic E-state index is 0.271. The van der Waals surface area contributed by atoms with Crippen molar-refractivity contribution in [3.63, 3.8) is 0 Å². The maximum absolute atomic E-state index is 5.54. The van der Waals surface area contributed by atoms with Crippen LogP contribution < -0.4 is 4.74 Å². The predicted molar refractivity (Wildman–Crippen MR) is 132 cm³/mol. The zero-order valence-corrected chi connectivity index (χ0v) is 20.8. The second-order valence-electron chi connectivity index (χ2n) is 10.3. The summed E-state index contributed by atoms with van der Waals surface area (Å²) in [6.45, 7) is 13.3. The van der Waals surface area contributed by atoms with Crippen LogP contribution in [0.2, 0.25) is 0 Å². The van der Waals surface area contributed by atoms with Gasteiger partial charge >= 0.3 is 0 Å². The molecule has 2 saturated heterocycles. The Kier molecular flexibility index (Phi) is 5.95. The van der Waals surface area contributed by atoms with E-state index in [-0.39, 0.29) is 5.41 Å². The number of piperidine rings is 1. The summed E-state index contributed by atoms with van der Waals surface area (Å²) in [5, 5.41) is 10.1. The molecule has 7 nitrogen and oxygen atoms in total. The van der Waals surface area contributed by atoms with Crippen LogP contribution >= 0.6 is 0 Å². The highest BCUT2D eigenvalue weighted by Crippen LogP contribution is 2.50. The van der Waals surface area contributed by atoms with Gasteiger partial charge in [-0.15, -0.1) is 10.2 Å². The predicted octanol–water partition coefficient (Wildman–Crippen LogP) is 3.89. The van der Waals surface area contributed by atoms with Crippen LogP contribution in [0.25, 0.3) is 10.9 Å². The zero-order chi connectivity index (χ0) is 23.2. The molecule has 2 aliphatic heterocycles. The molecule has 0 amide bonds. The third-order valence-corrected chi connectivity index (χ3v) is 8.21. The van der Waals surface area contributed by atoms with Gasteiger partial charge in [-0.05, 0) is 75.9 Å². The van der Waals surface area contributed by atoms with Gasteiger partial charge in [0.2, 0.25) is 0 Å². The summed E-state index contributed by atoms with van der Waals surface area (Å²) in [4.78, 5) is 5.29. The Morgan fingerprint density at radius 1 is 1.21 bits per heavy atom. The molecule has 0 bridgehead atoms. The summed E-state index contributed by atoms with van der Waals surface area (Å²) in [5.41, 5.74) is 2.95. The summed E-state index contributed by atoms with van der Waals surface area (Å²) in [6, 6.07) is 7.07. The van der Waals surface area contributed by atoms with Crippen molar-refractivity contribution >= 4 is 10.9 Å². The van der Waals surface area contributed by atoms with Crippen LogP contribution in [-0.4, -0.2) is 68.5 Å². The van der Waals surface area contributed by atoms with E-state index in [1.54, 1.807) is 7.11 Å². The van der Waals surface area contributed by atoms with Gasteiger partial charge in [-0.2, -0.15) is 0 Å². The lowest BCUT2D eigenvalue weighted by atomic mass is 9.70. The molecule has 0 N–H and O–H groups in total. The van der Waals surface area contributed by atoms with Crippen LogP contribution in [0.1, 0.15) is 50.9 Å². The van der Waals surface area contributed by atoms with Crippen LogP contribution in [0.3, 0.4) is 0 Å². The topological polar surface area (TPSA) is 51.4 Å². The van der Waals surface area contributed by atoms with E-state index in [1.165, 1.54) is 42.4 Å². The molecule has 1 aromatic carbocycles. The number of aryl methyl sites for hydroxylation is 2. The molecule has 33 heavy (non-hydrogen) atoms. The van der Waals surface area contributed by atoms with E-state index in [1.807, 2.05) is 6.33 Å². The third kappa shape index (κ3) is 3.95. The van der Waals surface area contributed by atoms with Gasteiger partial charge in [0.25, 0.3) is 0 Å². The summed E-state index contributed by atoms with van der Waals surface area (Å²) in [7, 11) is 3.84. The van der Waals surface area contributed by atoms with Crippen molar-refractivity contribution in [2.45, 2.75) is 58.7 Å². The minimum atomic E-state index is 0.271. The Balaban J connectivity index is 1.45. The van der Waals surface area contributed by atoms with Gasteiger partial charge in [0.15, 0.2) is 0 Å². The highest BCUT2D eigenvalue weighted by Gasteiger charge is 2.50. The number of likely N-dealkylation sites (tertiary alicyclic amines) is 2. The molecular formula is C26H38N6O. The van der Waals surface area contributed by atoms with Crippen molar-refractivity contribution < 1.29 is 4.74 Å². The standard InChI is InChI=1S/C26H38N6O/c1-6-31-15-20(22-13-21(33-5)7-8-24(22)31)14-30-16-23(25-28-27-18-29(25)4)26(17-30)9-11-32(12-10-26)19(2)3/h7-8,13,15,18-19,23H,6,9-12,14,16-17H2,1-5H3. The summed E-state index contributed by atoms with van der Waals surface area (Å²) in [5.74, 6) is 2.50. The van der Waals surface area contributed by atoms with Gasteiger partial charge in [0.1, 0.15) is 17.9 Å². The van der Waals surface area contributed by atoms with E-state index in [4.69, 9.17) is 4.74 Å². The largest absolute Gasteiger partial charge is 0.497 e. The third-order valence-electron chi connectivity index (χ3n) is 8.21. The normalized spacial score (nSPS) is 21.6. The van der Waals surface area contributed by atoms with Crippen LogP contribution in [0.5, 0.6) is 5.75 Å². The maximum atomic E-state index is 5.54. The lowest BCUT2D eigenvalue weighted by molar-refractivity contribution is 0.0748. The molecule has 0 saturated carbocycles. The van der Waals surface area contributed by atoms with Crippen molar-refractivity contribution in [3.05, 3.63) is 42.1 Å². The molecule has 1 spiro atoms. The zero-order valence-electron chi connectivity index (χ0n) is 20.8. The molecular weight excluding hydrogens is 412 g/mol. The Hall–Kier alpha value is -2.38. The molecule has 1 unspecified atom stereocenters. The van der Waals surface area contributed by atoms with Crippen LogP contribution in [0.15, 0.2) is 30.7 Å². The Morgan fingerprint density at radius 3 is 2.64 bits per heavy atom. The van der Waals surface area contributed by atoms with Crippen molar-refractivity contribution in [2.75, 3.05) is 33.3 Å². The van der Waals surface area contributed by atoms with Gasteiger partial charge in [0.05, 0.1) is 7.11 Å². The van der Waals surface area contributed by atoms with Crippen molar-refractivity contribution in [1.82, 2.24) is 29.1 Å². The fourth-order valence-electron chi connectivity index (χ4n) is 6.25. The van der Waals surface area contributed by atoms with Gasteiger partial charge in [-0.25, -0.2) is 0 Å². The van der Waals surface area contributed by atoms with Gasteiger partial charge in [-0.1, -0.05) is 0 Å². The highest BCUT2D eigenvalue weighted by molar-refractivity contribution is 5.85. The van der Waals surface area contributed by atoms with E-state index in [0.717, 1.165) is 37.8 Å². The molecule has 178 valence electrons. The summed E-state index contributed by atoms with van der Waals surface area (Å²) >= 11 is 0. The van der Waals surface area contributed by atoms with Crippen LogP contribution in [0.4, 0.5) is 0 Å². The number of fused-ring (bicyclic) bond motifs is 1. The number of ether oxygens (including phenoxy) is 1. The smallest absolute Gasteiger partial charge is 0.137 e. The fourth-order valence-corrected chi connectivity index (χ4v) is 6.25. The van der Waals surface area contributed by atoms with Gasteiger partial charge in [-0.3, -0.25) is 4.90 Å². The molecule has 2 aromatic heterocycles. The molecule has 7 heteroatoms. The van der Waals surface area contributed by atoms with E-state index < -0.39 is 0 Å². The summed E-state index contributed by atoms with van der Waals surface area (Å²) < 4.78 is 10.0. The number of hydrogen-bond acceptors (Lipinski definition) is 5. The number of benzene rings is 1. The van der Waals surface area contributed by atoms with Gasteiger partial charge in [0, 0.05) is 62.3 Å². The lowest BCUT2D eigenvalue weighted by Gasteiger charge is -2.43. The average molecular weight is 451 g/mol. The van der Waals surface area contributed by atoms with E-state index in [2.05, 4.69) is 81.3 Å². The first-order valence-electron chi connectivity index (χ1n) is 12.4. The molecule has 4 heterocycles. The van der Waals surface area contributed by atoms with Crippen LogP contribution in [-0.2, 0) is 20.1 Å². The number of rotatable bonds is 6. The molecule has 1 atom stereocenters. The van der Waals surface area contributed by atoms with Crippen molar-refractivity contribution in [3.8, 4) is 5.75 Å². The highest BCUT2D eigenvalue weighted by atomic mass is 16.5. The van der Waals surface area contributed by atoms with Crippen molar-refractivity contribution in [2.24, 2.45) is 12.5 Å². The maximum Gasteiger partial charge on any atom is 0.137 e. The number of nitrogens with zero attached hydrogens (tertiary/aromatic N) is 6. The first-order valence-corrected chi connectivity index (χ1v) is 12.4. The number of hydrogen-bond donors (Lipinski definition) is 0. The molecule has 3 aromatic rings. The van der Waals surface area contributed by atoms with Crippen molar-refractivity contribution in [1.29, 1.82) is 0 Å². The fraction of sp³-hybridized carbons (Fsp3) is 0.615. The second kappa shape index (κ2) is 8.76. The average Bonchev–Trinajstić information content (AvgIpc) is 3.49. The minimum Gasteiger partial charge on any atom is -0.497 e. The molecule has 0 radical (unpaired) electrons.